The first-order valence-corrected chi connectivity index (χ1v) is 12.6. The number of aromatic nitrogens is 4. The summed E-state index contributed by atoms with van der Waals surface area (Å²) in [6.07, 6.45) is 2.56. The summed E-state index contributed by atoms with van der Waals surface area (Å²) >= 11 is 0. The highest BCUT2D eigenvalue weighted by Crippen LogP contribution is 2.44. The van der Waals surface area contributed by atoms with Crippen LogP contribution in [0, 0.1) is 0 Å². The van der Waals surface area contributed by atoms with Crippen molar-refractivity contribution in [3.63, 3.8) is 0 Å². The minimum atomic E-state index is -4.87. The smallest absolute Gasteiger partial charge is 0.454 e. The molecule has 15 nitrogen and oxygen atoms in total. The van der Waals surface area contributed by atoms with Gasteiger partial charge in [0.1, 0.15) is 30.2 Å². The van der Waals surface area contributed by atoms with Gasteiger partial charge in [0, 0.05) is 6.08 Å². The third kappa shape index (κ3) is 5.38. The Labute approximate surface area is 214 Å². The number of imidazole rings is 1. The van der Waals surface area contributed by atoms with E-state index < -0.39 is 44.9 Å². The molecule has 2 aliphatic rings. The molecule has 0 spiro atoms. The van der Waals surface area contributed by atoms with Crippen molar-refractivity contribution in [2.45, 2.75) is 24.5 Å². The van der Waals surface area contributed by atoms with E-state index in [1.807, 2.05) is 0 Å². The van der Waals surface area contributed by atoms with Gasteiger partial charge >= 0.3 is 13.8 Å². The molecule has 5 N–H and O–H groups in total. The normalized spacial score (nSPS) is 24.4. The van der Waals surface area contributed by atoms with Crippen molar-refractivity contribution in [1.82, 2.24) is 19.5 Å². The predicted octanol–water partition coefficient (Wildman–Crippen LogP) is 0.686. The number of anilines is 1. The number of ether oxygens (including phenoxy) is 3. The fourth-order valence-corrected chi connectivity index (χ4v) is 4.48. The number of phosphoric acid groups is 1. The molecule has 4 heterocycles. The molecule has 1 saturated heterocycles. The fourth-order valence-electron chi connectivity index (χ4n) is 3.81. The standard InChI is InChI=1S/C22H22N5O10P/c23-20-17-21(25-9-24-20)27(10-26-17)22-19(30)18(29)15(36-22)8-35-38(31,32)37-16(28)4-2-1-3-12-5-6-13-14(7-12)34-11-33-13/h1-7,9-10,15,18-19,22,29-30H,8,11H2,(H,31,32)(H2,23,24,25)/b3-1+,4-2+/t15-,18-,19-,22-/m1/s1. The second-order valence-corrected chi connectivity index (χ2v) is 9.51. The molecule has 0 radical (unpaired) electrons. The number of aliphatic hydroxyl groups excluding tert-OH is 2. The molecule has 16 heteroatoms. The highest BCUT2D eigenvalue weighted by atomic mass is 31.2. The van der Waals surface area contributed by atoms with Gasteiger partial charge in [0.15, 0.2) is 29.2 Å². The number of phosphoric ester groups is 1. The lowest BCUT2D eigenvalue weighted by Crippen LogP contribution is -2.33. The minimum absolute atomic E-state index is 0.113. The molecule has 2 aliphatic heterocycles. The Balaban J connectivity index is 1.14. The van der Waals surface area contributed by atoms with Gasteiger partial charge in [-0.15, -0.1) is 0 Å². The van der Waals surface area contributed by atoms with Crippen LogP contribution in [0.5, 0.6) is 11.5 Å². The van der Waals surface area contributed by atoms with Crippen LogP contribution in [0.3, 0.4) is 0 Å². The summed E-state index contributed by atoms with van der Waals surface area (Å²) in [6.45, 7) is -0.523. The van der Waals surface area contributed by atoms with Crippen LogP contribution in [0.15, 0.2) is 49.1 Å². The summed E-state index contributed by atoms with van der Waals surface area (Å²) in [4.78, 5) is 33.8. The van der Waals surface area contributed by atoms with Gasteiger partial charge in [0.05, 0.1) is 12.9 Å². The van der Waals surface area contributed by atoms with Crippen molar-refractivity contribution in [3.05, 3.63) is 54.6 Å². The Bertz CT molecular complexity index is 1460. The number of nitrogen functional groups attached to an aromatic ring is 1. The van der Waals surface area contributed by atoms with Gasteiger partial charge in [-0.25, -0.2) is 24.3 Å². The second kappa shape index (κ2) is 10.5. The average molecular weight is 547 g/mol. The van der Waals surface area contributed by atoms with E-state index >= 15 is 0 Å². The van der Waals surface area contributed by atoms with Gasteiger partial charge in [0.25, 0.3) is 0 Å². The van der Waals surface area contributed by atoms with Gasteiger partial charge in [-0.3, -0.25) is 14.0 Å². The quantitative estimate of drug-likeness (QED) is 0.174. The van der Waals surface area contributed by atoms with Gasteiger partial charge in [-0.2, -0.15) is 0 Å². The van der Waals surface area contributed by atoms with Crippen molar-refractivity contribution >= 4 is 36.8 Å². The van der Waals surface area contributed by atoms with Gasteiger partial charge in [-0.1, -0.05) is 24.3 Å². The Morgan fingerprint density at radius 1 is 1.18 bits per heavy atom. The monoisotopic (exact) mass is 547 g/mol. The van der Waals surface area contributed by atoms with Crippen molar-refractivity contribution in [1.29, 1.82) is 0 Å². The van der Waals surface area contributed by atoms with E-state index in [4.69, 9.17) is 24.5 Å². The zero-order valence-corrected chi connectivity index (χ0v) is 20.3. The number of hydrogen-bond donors (Lipinski definition) is 4. The molecule has 2 aromatic heterocycles. The summed E-state index contributed by atoms with van der Waals surface area (Å²) in [6, 6.07) is 5.28. The molecule has 0 amide bonds. The lowest BCUT2D eigenvalue weighted by Gasteiger charge is -2.17. The third-order valence-corrected chi connectivity index (χ3v) is 6.52. The molecule has 0 bridgehead atoms. The molecular formula is C22H22N5O10P. The van der Waals surface area contributed by atoms with Crippen LogP contribution < -0.4 is 15.2 Å². The molecule has 38 heavy (non-hydrogen) atoms. The molecule has 1 fully saturated rings. The SMILES string of the molecule is Nc1ncnc2c1ncn2[C@@H]1O[C@H](COP(=O)(O)OC(=O)/C=C/C=C/c2ccc3c(c2)OCO3)[C@@H](O)[C@H]1O. The minimum Gasteiger partial charge on any atom is -0.454 e. The van der Waals surface area contributed by atoms with E-state index in [2.05, 4.69) is 19.5 Å². The number of carbonyl (C=O) groups is 1. The van der Waals surface area contributed by atoms with Gasteiger partial charge in [0.2, 0.25) is 6.79 Å². The molecule has 0 aliphatic carbocycles. The number of allylic oxidation sites excluding steroid dienone is 2. The maximum Gasteiger partial charge on any atom is 0.529 e. The fraction of sp³-hybridized carbons (Fsp3) is 0.273. The maximum atomic E-state index is 12.2. The predicted molar refractivity (Wildman–Crippen MR) is 128 cm³/mol. The van der Waals surface area contributed by atoms with Crippen LogP contribution in [0.1, 0.15) is 11.8 Å². The molecule has 3 aromatic rings. The largest absolute Gasteiger partial charge is 0.529 e. The first-order chi connectivity index (χ1) is 18.2. The molecule has 0 saturated carbocycles. The molecule has 5 rings (SSSR count). The zero-order chi connectivity index (χ0) is 26.9. The highest BCUT2D eigenvalue weighted by Gasteiger charge is 2.45. The van der Waals surface area contributed by atoms with Crippen LogP contribution in [0.2, 0.25) is 0 Å². The first-order valence-electron chi connectivity index (χ1n) is 11.1. The molecule has 5 atom stereocenters. The highest BCUT2D eigenvalue weighted by molar-refractivity contribution is 7.48. The molecular weight excluding hydrogens is 525 g/mol. The van der Waals surface area contributed by atoms with Crippen LogP contribution in [-0.4, -0.2) is 72.3 Å². The average Bonchev–Trinajstić information content (AvgIpc) is 3.59. The number of nitrogens with zero attached hydrogens (tertiary/aromatic N) is 4. The summed E-state index contributed by atoms with van der Waals surface area (Å²) in [5.41, 5.74) is 7.05. The number of aliphatic hydroxyl groups is 2. The second-order valence-electron chi connectivity index (χ2n) is 8.13. The van der Waals surface area contributed by atoms with Crippen molar-refractivity contribution in [2.75, 3.05) is 19.1 Å². The Kier molecular flexibility index (Phi) is 7.12. The van der Waals surface area contributed by atoms with E-state index in [0.717, 1.165) is 11.6 Å². The maximum absolute atomic E-state index is 12.2. The number of benzene rings is 1. The van der Waals surface area contributed by atoms with E-state index in [1.165, 1.54) is 29.4 Å². The van der Waals surface area contributed by atoms with Crippen LogP contribution >= 0.6 is 7.82 Å². The van der Waals surface area contributed by atoms with E-state index in [9.17, 15) is 24.5 Å². The van der Waals surface area contributed by atoms with E-state index in [0.29, 0.717) is 11.5 Å². The first kappa shape index (κ1) is 25.8. The van der Waals surface area contributed by atoms with Crippen LogP contribution in [0.25, 0.3) is 17.2 Å². The summed E-state index contributed by atoms with van der Waals surface area (Å²) < 4.78 is 39.0. The Hall–Kier alpha value is -3.85. The topological polar surface area (TPSA) is 211 Å². The number of nitrogens with two attached hydrogens (primary N) is 1. The Morgan fingerprint density at radius 3 is 2.84 bits per heavy atom. The molecule has 200 valence electrons. The van der Waals surface area contributed by atoms with Gasteiger partial charge in [-0.05, 0) is 17.7 Å². The number of carbonyl (C=O) groups excluding carboxylic acids is 1. The van der Waals surface area contributed by atoms with E-state index in [-0.39, 0.29) is 23.8 Å². The zero-order valence-electron chi connectivity index (χ0n) is 19.4. The van der Waals surface area contributed by atoms with Crippen LogP contribution in [0.4, 0.5) is 5.82 Å². The third-order valence-electron chi connectivity index (χ3n) is 5.63. The summed E-state index contributed by atoms with van der Waals surface area (Å²) in [5.74, 6) is 0.206. The summed E-state index contributed by atoms with van der Waals surface area (Å²) in [5, 5.41) is 20.8. The lowest BCUT2D eigenvalue weighted by atomic mass is 10.1. The Morgan fingerprint density at radius 2 is 2.00 bits per heavy atom. The summed E-state index contributed by atoms with van der Waals surface area (Å²) in [7, 11) is -4.87. The van der Waals surface area contributed by atoms with Crippen molar-refractivity contribution in [2.24, 2.45) is 0 Å². The molecule has 1 unspecified atom stereocenters. The van der Waals surface area contributed by atoms with E-state index in [1.54, 1.807) is 24.3 Å². The van der Waals surface area contributed by atoms with Crippen molar-refractivity contribution in [3.8, 4) is 11.5 Å². The van der Waals surface area contributed by atoms with Gasteiger partial charge < -0.3 is 34.7 Å². The number of hydrogen-bond acceptors (Lipinski definition) is 13. The van der Waals surface area contributed by atoms with Crippen molar-refractivity contribution < 1.29 is 47.7 Å². The number of fused-ring (bicyclic) bond motifs is 2. The molecule has 1 aromatic carbocycles. The van der Waals surface area contributed by atoms with Crippen LogP contribution in [-0.2, 0) is 23.1 Å². The lowest BCUT2D eigenvalue weighted by molar-refractivity contribution is -0.131. The number of rotatable bonds is 8.